The van der Waals surface area contributed by atoms with E-state index < -0.39 is 22.6 Å². The number of hydrogen-bond acceptors (Lipinski definition) is 4. The van der Waals surface area contributed by atoms with E-state index in [4.69, 9.17) is 9.29 Å². The first kappa shape index (κ1) is 9.29. The topological polar surface area (TPSA) is 71.8 Å². The standard InChI is InChI=1S/C8H8N2O3S/c11-14(12)8-7(13-5-10-8)6-3-1-2-4-9-6/h1-5,7-8H,(H,11,12). The Morgan fingerprint density at radius 3 is 3.00 bits per heavy atom. The summed E-state index contributed by atoms with van der Waals surface area (Å²) in [7, 11) is 0. The van der Waals surface area contributed by atoms with Crippen LogP contribution in [0, 0.1) is 0 Å². The Morgan fingerprint density at radius 2 is 2.36 bits per heavy atom. The Hall–Kier alpha value is -1.27. The van der Waals surface area contributed by atoms with Gasteiger partial charge in [-0.1, -0.05) is 6.07 Å². The van der Waals surface area contributed by atoms with Crippen LogP contribution >= 0.6 is 0 Å². The van der Waals surface area contributed by atoms with Crippen LogP contribution in [-0.4, -0.2) is 25.5 Å². The molecule has 0 saturated heterocycles. The van der Waals surface area contributed by atoms with Crippen LogP contribution in [0.15, 0.2) is 29.4 Å². The minimum atomic E-state index is -2.03. The van der Waals surface area contributed by atoms with Gasteiger partial charge in [-0.15, -0.1) is 0 Å². The minimum absolute atomic E-state index is 0.554. The van der Waals surface area contributed by atoms with Crippen molar-refractivity contribution in [1.29, 1.82) is 0 Å². The number of aromatic nitrogens is 1. The maximum absolute atomic E-state index is 10.9. The third-order valence-corrected chi connectivity index (χ3v) is 2.64. The number of hydrogen-bond donors (Lipinski definition) is 1. The van der Waals surface area contributed by atoms with E-state index in [1.807, 2.05) is 0 Å². The molecule has 6 heteroatoms. The van der Waals surface area contributed by atoms with Gasteiger partial charge in [0.05, 0.1) is 5.69 Å². The zero-order valence-corrected chi connectivity index (χ0v) is 7.92. The predicted octanol–water partition coefficient (Wildman–Crippen LogP) is 0.729. The minimum Gasteiger partial charge on any atom is -0.471 e. The van der Waals surface area contributed by atoms with Crippen molar-refractivity contribution in [3.8, 4) is 0 Å². The zero-order valence-electron chi connectivity index (χ0n) is 7.11. The number of rotatable bonds is 2. The largest absolute Gasteiger partial charge is 0.471 e. The number of aliphatic imine (C=N–C) groups is 1. The predicted molar refractivity (Wildman–Crippen MR) is 51.1 cm³/mol. The molecule has 74 valence electrons. The third kappa shape index (κ3) is 1.66. The molecule has 14 heavy (non-hydrogen) atoms. The van der Waals surface area contributed by atoms with E-state index >= 15 is 0 Å². The van der Waals surface area contributed by atoms with Gasteiger partial charge in [0.15, 0.2) is 29.0 Å². The molecule has 0 fully saturated rings. The smallest absolute Gasteiger partial charge is 0.196 e. The molecule has 1 aliphatic heterocycles. The molecule has 0 aromatic carbocycles. The van der Waals surface area contributed by atoms with Crippen molar-refractivity contribution in [1.82, 2.24) is 4.98 Å². The Kier molecular flexibility index (Phi) is 2.55. The summed E-state index contributed by atoms with van der Waals surface area (Å²) in [6, 6.07) is 5.30. The lowest BCUT2D eigenvalue weighted by Crippen LogP contribution is -2.19. The molecule has 1 aliphatic rings. The maximum atomic E-state index is 10.9. The van der Waals surface area contributed by atoms with Crippen LogP contribution in [0.2, 0.25) is 0 Å². The molecular formula is C8H8N2O3S. The molecule has 3 unspecified atom stereocenters. The number of ether oxygens (including phenoxy) is 1. The molecule has 0 amide bonds. The summed E-state index contributed by atoms with van der Waals surface area (Å²) in [6.45, 7) is 0. The summed E-state index contributed by atoms with van der Waals surface area (Å²) in [6.07, 6.45) is 2.24. The Labute approximate surface area is 83.1 Å². The van der Waals surface area contributed by atoms with Crippen molar-refractivity contribution < 1.29 is 13.5 Å². The van der Waals surface area contributed by atoms with E-state index in [2.05, 4.69) is 9.98 Å². The molecule has 0 radical (unpaired) electrons. The van der Waals surface area contributed by atoms with Crippen LogP contribution in [0.3, 0.4) is 0 Å². The highest BCUT2D eigenvalue weighted by atomic mass is 32.2. The third-order valence-electron chi connectivity index (χ3n) is 1.86. The van der Waals surface area contributed by atoms with Crippen LogP contribution in [0.5, 0.6) is 0 Å². The van der Waals surface area contributed by atoms with Crippen molar-refractivity contribution >= 4 is 17.5 Å². The fourth-order valence-electron chi connectivity index (χ4n) is 1.22. The van der Waals surface area contributed by atoms with Gasteiger partial charge in [-0.2, -0.15) is 0 Å². The Bertz CT molecular complexity index is 368. The Balaban J connectivity index is 2.24. The Morgan fingerprint density at radius 1 is 1.50 bits per heavy atom. The molecule has 2 rings (SSSR count). The second-order valence-electron chi connectivity index (χ2n) is 2.73. The van der Waals surface area contributed by atoms with Gasteiger partial charge in [0.2, 0.25) is 0 Å². The lowest BCUT2D eigenvalue weighted by atomic mass is 10.2. The van der Waals surface area contributed by atoms with Gasteiger partial charge in [-0.05, 0) is 12.1 Å². The SMILES string of the molecule is O=S(O)C1N=COC1c1ccccn1. The van der Waals surface area contributed by atoms with Crippen LogP contribution in [0.4, 0.5) is 0 Å². The zero-order chi connectivity index (χ0) is 9.97. The molecule has 1 aromatic rings. The molecule has 0 saturated carbocycles. The number of pyridine rings is 1. The van der Waals surface area contributed by atoms with Crippen molar-refractivity contribution in [3.63, 3.8) is 0 Å². The molecular weight excluding hydrogens is 204 g/mol. The van der Waals surface area contributed by atoms with E-state index in [1.165, 1.54) is 6.40 Å². The highest BCUT2D eigenvalue weighted by Gasteiger charge is 2.33. The summed E-state index contributed by atoms with van der Waals surface area (Å²) >= 11 is -2.03. The van der Waals surface area contributed by atoms with Crippen LogP contribution in [0.1, 0.15) is 11.8 Å². The number of nitrogens with zero attached hydrogens (tertiary/aromatic N) is 2. The van der Waals surface area contributed by atoms with E-state index in [9.17, 15) is 4.21 Å². The van der Waals surface area contributed by atoms with Crippen molar-refractivity contribution in [2.75, 3.05) is 0 Å². The second kappa shape index (κ2) is 3.85. The van der Waals surface area contributed by atoms with E-state index in [1.54, 1.807) is 24.4 Å². The van der Waals surface area contributed by atoms with Gasteiger partial charge in [-0.3, -0.25) is 4.98 Å². The summed E-state index contributed by atoms with van der Waals surface area (Å²) in [4.78, 5) is 7.80. The fourth-order valence-corrected chi connectivity index (χ4v) is 1.79. The first-order chi connectivity index (χ1) is 6.79. The van der Waals surface area contributed by atoms with Crippen LogP contribution in [0.25, 0.3) is 0 Å². The summed E-state index contributed by atoms with van der Waals surface area (Å²) in [5.74, 6) is 0. The summed E-state index contributed by atoms with van der Waals surface area (Å²) in [5, 5.41) is -0.773. The van der Waals surface area contributed by atoms with E-state index in [0.29, 0.717) is 5.69 Å². The van der Waals surface area contributed by atoms with Gasteiger partial charge in [0.25, 0.3) is 0 Å². The van der Waals surface area contributed by atoms with Crippen molar-refractivity contribution in [3.05, 3.63) is 30.1 Å². The molecule has 5 nitrogen and oxygen atoms in total. The molecule has 1 aromatic heterocycles. The average molecular weight is 212 g/mol. The van der Waals surface area contributed by atoms with Crippen molar-refractivity contribution in [2.45, 2.75) is 11.5 Å². The molecule has 0 bridgehead atoms. The van der Waals surface area contributed by atoms with Gasteiger partial charge < -0.3 is 9.29 Å². The molecule has 0 spiro atoms. The lowest BCUT2D eigenvalue weighted by molar-refractivity contribution is 0.221. The highest BCUT2D eigenvalue weighted by Crippen LogP contribution is 2.26. The van der Waals surface area contributed by atoms with Crippen molar-refractivity contribution in [2.24, 2.45) is 4.99 Å². The van der Waals surface area contributed by atoms with Gasteiger partial charge >= 0.3 is 0 Å². The average Bonchev–Trinajstić information content (AvgIpc) is 2.67. The molecule has 3 atom stereocenters. The van der Waals surface area contributed by atoms with E-state index in [-0.39, 0.29) is 0 Å². The van der Waals surface area contributed by atoms with Gasteiger partial charge in [0, 0.05) is 6.20 Å². The highest BCUT2D eigenvalue weighted by molar-refractivity contribution is 7.79. The van der Waals surface area contributed by atoms with Crippen LogP contribution < -0.4 is 0 Å². The lowest BCUT2D eigenvalue weighted by Gasteiger charge is -2.12. The van der Waals surface area contributed by atoms with Crippen LogP contribution in [-0.2, 0) is 15.8 Å². The normalized spacial score (nSPS) is 27.2. The first-order valence-electron chi connectivity index (χ1n) is 3.97. The van der Waals surface area contributed by atoms with Gasteiger partial charge in [-0.25, -0.2) is 9.20 Å². The monoisotopic (exact) mass is 212 g/mol. The van der Waals surface area contributed by atoms with E-state index in [0.717, 1.165) is 0 Å². The first-order valence-corrected chi connectivity index (χ1v) is 5.14. The molecule has 2 heterocycles. The molecule has 1 N–H and O–H groups in total. The fraction of sp³-hybridized carbons (Fsp3) is 0.250. The maximum Gasteiger partial charge on any atom is 0.196 e. The quantitative estimate of drug-likeness (QED) is 0.733. The second-order valence-corrected chi connectivity index (χ2v) is 3.77. The summed E-state index contributed by atoms with van der Waals surface area (Å²) < 4.78 is 24.9. The summed E-state index contributed by atoms with van der Waals surface area (Å²) in [5.41, 5.74) is 0.609. The van der Waals surface area contributed by atoms with Gasteiger partial charge in [0.1, 0.15) is 0 Å². The molecule has 0 aliphatic carbocycles.